The Hall–Kier alpha value is -3.01. The second kappa shape index (κ2) is 6.83. The number of halogens is 1. The van der Waals surface area contributed by atoms with E-state index in [1.807, 2.05) is 55.5 Å². The van der Waals surface area contributed by atoms with Crippen LogP contribution >= 0.6 is 0 Å². The molecular formula is C19H16FN3. The van der Waals surface area contributed by atoms with Crippen LogP contribution < -0.4 is 5.43 Å². The van der Waals surface area contributed by atoms with Crippen molar-refractivity contribution in [2.24, 2.45) is 5.10 Å². The Bertz CT molecular complexity index is 865. The van der Waals surface area contributed by atoms with E-state index in [-0.39, 0.29) is 5.82 Å². The Morgan fingerprint density at radius 3 is 2.74 bits per heavy atom. The molecule has 0 saturated carbocycles. The van der Waals surface area contributed by atoms with Crippen molar-refractivity contribution in [3.63, 3.8) is 0 Å². The van der Waals surface area contributed by atoms with Crippen LogP contribution in [0, 0.1) is 12.7 Å². The Kier molecular flexibility index (Phi) is 4.43. The van der Waals surface area contributed by atoms with E-state index in [0.29, 0.717) is 5.52 Å². The summed E-state index contributed by atoms with van der Waals surface area (Å²) in [7, 11) is 0. The van der Waals surface area contributed by atoms with Crippen molar-refractivity contribution in [3.05, 3.63) is 77.7 Å². The number of allylic oxidation sites excluding steroid dienone is 1. The number of aryl methyl sites for hydroxylation is 1. The Morgan fingerprint density at radius 1 is 1.09 bits per heavy atom. The molecule has 2 aromatic carbocycles. The zero-order chi connectivity index (χ0) is 16.1. The highest BCUT2D eigenvalue weighted by Gasteiger charge is 2.04. The summed E-state index contributed by atoms with van der Waals surface area (Å²) in [5, 5.41) is 5.02. The zero-order valence-corrected chi connectivity index (χ0v) is 12.7. The molecule has 0 saturated heterocycles. The highest BCUT2D eigenvalue weighted by atomic mass is 19.1. The van der Waals surface area contributed by atoms with Gasteiger partial charge < -0.3 is 0 Å². The normalized spacial score (nSPS) is 11.6. The van der Waals surface area contributed by atoms with Gasteiger partial charge >= 0.3 is 0 Å². The molecule has 3 nitrogen and oxygen atoms in total. The van der Waals surface area contributed by atoms with Gasteiger partial charge in [-0.2, -0.15) is 5.10 Å². The van der Waals surface area contributed by atoms with Crippen molar-refractivity contribution in [1.29, 1.82) is 0 Å². The topological polar surface area (TPSA) is 37.3 Å². The van der Waals surface area contributed by atoms with Gasteiger partial charge in [0.25, 0.3) is 0 Å². The molecule has 0 aliphatic rings. The van der Waals surface area contributed by atoms with Gasteiger partial charge in [-0.1, -0.05) is 36.4 Å². The van der Waals surface area contributed by atoms with Gasteiger partial charge in [0.2, 0.25) is 0 Å². The number of benzene rings is 2. The maximum absolute atomic E-state index is 13.3. The third kappa shape index (κ3) is 3.80. The second-order valence-corrected chi connectivity index (χ2v) is 5.13. The number of fused-ring (bicyclic) bond motifs is 1. The summed E-state index contributed by atoms with van der Waals surface area (Å²) in [5.74, 6) is -0.296. The van der Waals surface area contributed by atoms with Gasteiger partial charge in [0.1, 0.15) is 5.82 Å². The largest absolute Gasteiger partial charge is 0.278 e. The standard InChI is InChI=1S/C19H16FN3/c1-14-12-19(17-10-9-16(20)13-18(17)22-14)23-21-11-5-8-15-6-3-2-4-7-15/h2-13H,1H3,(H,22,23)/b8-5+,21-11+. The molecule has 23 heavy (non-hydrogen) atoms. The molecule has 114 valence electrons. The number of aromatic nitrogens is 1. The van der Waals surface area contributed by atoms with E-state index in [0.717, 1.165) is 22.3 Å². The summed E-state index contributed by atoms with van der Waals surface area (Å²) < 4.78 is 13.3. The minimum Gasteiger partial charge on any atom is -0.278 e. The fourth-order valence-electron chi connectivity index (χ4n) is 2.29. The molecule has 4 heteroatoms. The average Bonchev–Trinajstić information content (AvgIpc) is 2.54. The highest BCUT2D eigenvalue weighted by molar-refractivity contribution is 5.92. The molecule has 0 bridgehead atoms. The Labute approximate surface area is 134 Å². The second-order valence-electron chi connectivity index (χ2n) is 5.13. The van der Waals surface area contributed by atoms with Gasteiger partial charge in [-0.3, -0.25) is 10.4 Å². The summed E-state index contributed by atoms with van der Waals surface area (Å²) in [4.78, 5) is 4.34. The molecule has 0 atom stereocenters. The summed E-state index contributed by atoms with van der Waals surface area (Å²) in [6.45, 7) is 1.87. The molecule has 1 aromatic heterocycles. The zero-order valence-electron chi connectivity index (χ0n) is 12.7. The highest BCUT2D eigenvalue weighted by Crippen LogP contribution is 2.23. The lowest BCUT2D eigenvalue weighted by Gasteiger charge is -2.06. The number of anilines is 1. The van der Waals surface area contributed by atoms with Gasteiger partial charge in [-0.25, -0.2) is 4.39 Å². The van der Waals surface area contributed by atoms with Crippen molar-refractivity contribution in [1.82, 2.24) is 4.98 Å². The summed E-state index contributed by atoms with van der Waals surface area (Å²) in [6.07, 6.45) is 5.51. The molecule has 0 radical (unpaired) electrons. The fraction of sp³-hybridized carbons (Fsp3) is 0.0526. The summed E-state index contributed by atoms with van der Waals surface area (Å²) >= 11 is 0. The first-order valence-electron chi connectivity index (χ1n) is 7.30. The number of nitrogens with one attached hydrogen (secondary N) is 1. The van der Waals surface area contributed by atoms with Crippen LogP contribution in [0.5, 0.6) is 0 Å². The SMILES string of the molecule is Cc1cc(N/N=C/C=C/c2ccccc2)c2ccc(F)cc2n1. The molecule has 1 N–H and O–H groups in total. The smallest absolute Gasteiger partial charge is 0.125 e. The number of rotatable bonds is 4. The van der Waals surface area contributed by atoms with E-state index in [9.17, 15) is 4.39 Å². The van der Waals surface area contributed by atoms with E-state index in [1.165, 1.54) is 12.1 Å². The quantitative estimate of drug-likeness (QED) is 0.555. The predicted octanol–water partition coefficient (Wildman–Crippen LogP) is 4.79. The van der Waals surface area contributed by atoms with Crippen LogP contribution in [-0.4, -0.2) is 11.2 Å². The molecule has 0 unspecified atom stereocenters. The molecule has 1 heterocycles. The Morgan fingerprint density at radius 2 is 1.91 bits per heavy atom. The summed E-state index contributed by atoms with van der Waals surface area (Å²) in [6, 6.07) is 16.4. The van der Waals surface area contributed by atoms with E-state index in [2.05, 4.69) is 15.5 Å². The van der Waals surface area contributed by atoms with Gasteiger partial charge in [-0.15, -0.1) is 0 Å². The number of hydrogen-bond acceptors (Lipinski definition) is 3. The molecule has 3 rings (SSSR count). The van der Waals surface area contributed by atoms with Crippen molar-refractivity contribution in [2.45, 2.75) is 6.92 Å². The monoisotopic (exact) mass is 305 g/mol. The van der Waals surface area contributed by atoms with Crippen LogP contribution in [0.1, 0.15) is 11.3 Å². The third-order valence-corrected chi connectivity index (χ3v) is 3.33. The van der Waals surface area contributed by atoms with E-state index < -0.39 is 0 Å². The first kappa shape index (κ1) is 14.9. The molecule has 0 aliphatic heterocycles. The van der Waals surface area contributed by atoms with Crippen molar-refractivity contribution < 1.29 is 4.39 Å². The van der Waals surface area contributed by atoms with Crippen molar-refractivity contribution >= 4 is 28.9 Å². The predicted molar refractivity (Wildman–Crippen MR) is 94.0 cm³/mol. The van der Waals surface area contributed by atoms with Crippen LogP contribution in [0.25, 0.3) is 17.0 Å². The molecule has 3 aromatic rings. The number of hydrogen-bond donors (Lipinski definition) is 1. The lowest BCUT2D eigenvalue weighted by atomic mass is 10.1. The van der Waals surface area contributed by atoms with E-state index in [4.69, 9.17) is 0 Å². The minimum absolute atomic E-state index is 0.296. The molecular weight excluding hydrogens is 289 g/mol. The summed E-state index contributed by atoms with van der Waals surface area (Å²) in [5.41, 5.74) is 6.32. The van der Waals surface area contributed by atoms with Crippen molar-refractivity contribution in [2.75, 3.05) is 5.43 Å². The van der Waals surface area contributed by atoms with E-state index in [1.54, 1.807) is 12.3 Å². The molecule has 0 aliphatic carbocycles. The van der Waals surface area contributed by atoms with Crippen LogP contribution in [0.3, 0.4) is 0 Å². The van der Waals surface area contributed by atoms with Gasteiger partial charge in [0, 0.05) is 23.4 Å². The first-order chi connectivity index (χ1) is 11.2. The third-order valence-electron chi connectivity index (χ3n) is 3.33. The van der Waals surface area contributed by atoms with E-state index >= 15 is 0 Å². The lowest BCUT2D eigenvalue weighted by molar-refractivity contribution is 0.629. The maximum atomic E-state index is 13.3. The Balaban J connectivity index is 1.76. The van der Waals surface area contributed by atoms with Gasteiger partial charge in [0.05, 0.1) is 11.2 Å². The average molecular weight is 305 g/mol. The van der Waals surface area contributed by atoms with Gasteiger partial charge in [-0.05, 0) is 36.8 Å². The fourth-order valence-corrected chi connectivity index (χ4v) is 2.29. The maximum Gasteiger partial charge on any atom is 0.125 e. The molecule has 0 amide bonds. The minimum atomic E-state index is -0.296. The van der Waals surface area contributed by atoms with Crippen LogP contribution in [0.4, 0.5) is 10.1 Å². The lowest BCUT2D eigenvalue weighted by Crippen LogP contribution is -1.94. The van der Waals surface area contributed by atoms with Crippen LogP contribution in [0.15, 0.2) is 65.8 Å². The number of nitrogens with zero attached hydrogens (tertiary/aromatic N) is 2. The first-order valence-corrected chi connectivity index (χ1v) is 7.30. The number of pyridine rings is 1. The van der Waals surface area contributed by atoms with Crippen LogP contribution in [-0.2, 0) is 0 Å². The van der Waals surface area contributed by atoms with Gasteiger partial charge in [0.15, 0.2) is 0 Å². The van der Waals surface area contributed by atoms with Crippen LogP contribution in [0.2, 0.25) is 0 Å². The molecule has 0 spiro atoms. The number of hydrazone groups is 1. The molecule has 0 fully saturated rings. The van der Waals surface area contributed by atoms with Crippen molar-refractivity contribution in [3.8, 4) is 0 Å².